The Morgan fingerprint density at radius 2 is 1.68 bits per heavy atom. The molecule has 162 valence electrons. The van der Waals surface area contributed by atoms with Crippen LogP contribution in [0.25, 0.3) is 0 Å². The number of hydrogen-bond donors (Lipinski definition) is 2. The predicted octanol–water partition coefficient (Wildman–Crippen LogP) is 3.46. The minimum Gasteiger partial charge on any atom is -0.325 e. The summed E-state index contributed by atoms with van der Waals surface area (Å²) in [5.41, 5.74) is 2.12. The summed E-state index contributed by atoms with van der Waals surface area (Å²) in [7, 11) is -3.87. The van der Waals surface area contributed by atoms with Crippen molar-refractivity contribution in [2.45, 2.75) is 36.1 Å². The normalized spacial score (nSPS) is 12.3. The maximum Gasteiger partial charge on any atom is 0.263 e. The van der Waals surface area contributed by atoms with Crippen LogP contribution in [-0.2, 0) is 14.8 Å². The molecule has 0 spiro atoms. The summed E-state index contributed by atoms with van der Waals surface area (Å²) in [6.45, 7) is 5.48. The molecular weight excluding hydrogens is 460 g/mol. The number of sulfonamides is 1. The predicted molar refractivity (Wildman–Crippen MR) is 120 cm³/mol. The van der Waals surface area contributed by atoms with Crippen LogP contribution in [0.15, 0.2) is 52.5 Å². The zero-order valence-corrected chi connectivity index (χ0v) is 19.2. The minimum atomic E-state index is -3.87. The number of thioether (sulfide) groups is 1. The molecule has 1 aromatic carbocycles. The number of carbonyl (C=O) groups is 1. The van der Waals surface area contributed by atoms with Gasteiger partial charge in [-0.1, -0.05) is 23.4 Å². The molecule has 31 heavy (non-hydrogen) atoms. The first-order valence-electron chi connectivity index (χ1n) is 9.04. The summed E-state index contributed by atoms with van der Waals surface area (Å²) in [6, 6.07) is 10.5. The van der Waals surface area contributed by atoms with Crippen LogP contribution in [0.5, 0.6) is 0 Å². The minimum absolute atomic E-state index is 0.00769. The highest BCUT2D eigenvalue weighted by Gasteiger charge is 2.18. The van der Waals surface area contributed by atoms with Gasteiger partial charge in [-0.05, 0) is 63.2 Å². The van der Waals surface area contributed by atoms with E-state index in [0.717, 1.165) is 11.4 Å². The summed E-state index contributed by atoms with van der Waals surface area (Å²) in [6.07, 6.45) is 0. The van der Waals surface area contributed by atoms with Crippen LogP contribution in [-0.4, -0.2) is 39.7 Å². The Balaban J connectivity index is 1.63. The second kappa shape index (κ2) is 9.58. The summed E-state index contributed by atoms with van der Waals surface area (Å²) >= 11 is 6.89. The van der Waals surface area contributed by atoms with Gasteiger partial charge in [0.25, 0.3) is 10.0 Å². The third-order valence-corrected chi connectivity index (χ3v) is 6.45. The van der Waals surface area contributed by atoms with Gasteiger partial charge in [-0.15, -0.1) is 10.2 Å². The van der Waals surface area contributed by atoms with E-state index in [1.807, 2.05) is 19.9 Å². The van der Waals surface area contributed by atoms with E-state index in [2.05, 4.69) is 30.2 Å². The fraction of sp³-hybridized carbons (Fsp3) is 0.211. The molecule has 3 aromatic rings. The Morgan fingerprint density at radius 1 is 1.03 bits per heavy atom. The molecule has 0 saturated heterocycles. The monoisotopic (exact) mass is 478 g/mol. The summed E-state index contributed by atoms with van der Waals surface area (Å²) in [5.74, 6) is -0.209. The SMILES string of the molecule is Cc1cc(C)nc(SC(C)C(=O)Nc2ccc(S(=O)(=O)Nc3ccc(Cl)nn3)cc2)n1. The molecule has 1 amide bonds. The van der Waals surface area contributed by atoms with Crippen molar-refractivity contribution >= 4 is 50.8 Å². The fourth-order valence-electron chi connectivity index (χ4n) is 2.49. The lowest BCUT2D eigenvalue weighted by Gasteiger charge is -2.12. The first kappa shape index (κ1) is 22.9. The zero-order valence-electron chi connectivity index (χ0n) is 16.8. The Morgan fingerprint density at radius 3 is 2.26 bits per heavy atom. The second-order valence-electron chi connectivity index (χ2n) is 6.55. The zero-order chi connectivity index (χ0) is 22.6. The second-order valence-corrected chi connectivity index (χ2v) is 9.93. The highest BCUT2D eigenvalue weighted by Crippen LogP contribution is 2.22. The van der Waals surface area contributed by atoms with Gasteiger partial charge in [-0.3, -0.25) is 9.52 Å². The molecule has 9 nitrogen and oxygen atoms in total. The molecule has 2 heterocycles. The van der Waals surface area contributed by atoms with Gasteiger partial charge in [0.15, 0.2) is 16.1 Å². The number of rotatable bonds is 7. The Kier molecular flexibility index (Phi) is 7.08. The average Bonchev–Trinajstić information content (AvgIpc) is 2.69. The van der Waals surface area contributed by atoms with Gasteiger partial charge in [0, 0.05) is 17.1 Å². The van der Waals surface area contributed by atoms with Crippen molar-refractivity contribution < 1.29 is 13.2 Å². The highest BCUT2D eigenvalue weighted by atomic mass is 35.5. The first-order chi connectivity index (χ1) is 14.6. The van der Waals surface area contributed by atoms with Crippen molar-refractivity contribution in [3.8, 4) is 0 Å². The number of anilines is 2. The number of halogens is 1. The first-order valence-corrected chi connectivity index (χ1v) is 11.8. The number of hydrogen-bond acceptors (Lipinski definition) is 8. The van der Waals surface area contributed by atoms with Crippen LogP contribution in [0.3, 0.4) is 0 Å². The van der Waals surface area contributed by atoms with Gasteiger partial charge >= 0.3 is 0 Å². The largest absolute Gasteiger partial charge is 0.325 e. The third kappa shape index (κ3) is 6.36. The van der Waals surface area contributed by atoms with Gasteiger partial charge < -0.3 is 5.32 Å². The molecule has 12 heteroatoms. The Labute approximate surface area is 189 Å². The number of nitrogens with one attached hydrogen (secondary N) is 2. The van der Waals surface area contributed by atoms with Crippen LogP contribution in [0.1, 0.15) is 18.3 Å². The van der Waals surface area contributed by atoms with Crippen molar-refractivity contribution in [2.75, 3.05) is 10.0 Å². The van der Waals surface area contributed by atoms with Gasteiger partial charge in [-0.2, -0.15) is 0 Å². The van der Waals surface area contributed by atoms with Crippen LogP contribution in [0.2, 0.25) is 5.15 Å². The molecule has 1 unspecified atom stereocenters. The van der Waals surface area contributed by atoms with Crippen molar-refractivity contribution in [1.29, 1.82) is 0 Å². The van der Waals surface area contributed by atoms with E-state index in [9.17, 15) is 13.2 Å². The van der Waals surface area contributed by atoms with E-state index in [0.29, 0.717) is 10.8 Å². The lowest BCUT2D eigenvalue weighted by Crippen LogP contribution is -2.23. The molecule has 0 fully saturated rings. The maximum atomic E-state index is 12.5. The average molecular weight is 479 g/mol. The Bertz CT molecular complexity index is 1170. The van der Waals surface area contributed by atoms with E-state index >= 15 is 0 Å². The van der Waals surface area contributed by atoms with Crippen LogP contribution >= 0.6 is 23.4 Å². The van der Waals surface area contributed by atoms with E-state index in [-0.39, 0.29) is 21.8 Å². The van der Waals surface area contributed by atoms with E-state index in [4.69, 9.17) is 11.6 Å². The quantitative estimate of drug-likeness (QED) is 0.390. The molecule has 1 atom stereocenters. The lowest BCUT2D eigenvalue weighted by atomic mass is 10.3. The van der Waals surface area contributed by atoms with Crippen LogP contribution < -0.4 is 10.0 Å². The topological polar surface area (TPSA) is 127 Å². The summed E-state index contributed by atoms with van der Waals surface area (Å²) in [5, 5.41) is 10.2. The molecule has 0 aliphatic heterocycles. The molecule has 0 saturated carbocycles. The number of carbonyl (C=O) groups excluding carboxylic acids is 1. The standard InChI is InChI=1S/C19H19ClN6O3S2/c1-11-10-12(2)22-19(21-11)30-13(3)18(27)23-14-4-6-15(7-5-14)31(28,29)26-17-9-8-16(20)24-25-17/h4-10,13H,1-3H3,(H,23,27)(H,25,26). The molecule has 0 radical (unpaired) electrons. The van der Waals surface area contributed by atoms with Gasteiger partial charge in [0.1, 0.15) is 0 Å². The number of aromatic nitrogens is 4. The van der Waals surface area contributed by atoms with Crippen molar-refractivity contribution in [2.24, 2.45) is 0 Å². The van der Waals surface area contributed by atoms with Gasteiger partial charge in [0.2, 0.25) is 5.91 Å². The van der Waals surface area contributed by atoms with Gasteiger partial charge in [-0.25, -0.2) is 18.4 Å². The summed E-state index contributed by atoms with van der Waals surface area (Å²) in [4.78, 5) is 21.1. The number of nitrogens with zero attached hydrogens (tertiary/aromatic N) is 4. The molecule has 3 rings (SSSR count). The molecule has 0 bridgehead atoms. The van der Waals surface area contributed by atoms with Crippen LogP contribution in [0, 0.1) is 13.8 Å². The number of amides is 1. The highest BCUT2D eigenvalue weighted by molar-refractivity contribution is 8.00. The van der Waals surface area contributed by atoms with E-state index < -0.39 is 15.3 Å². The number of benzene rings is 1. The van der Waals surface area contributed by atoms with E-state index in [1.54, 1.807) is 6.92 Å². The van der Waals surface area contributed by atoms with Crippen LogP contribution in [0.4, 0.5) is 11.5 Å². The smallest absolute Gasteiger partial charge is 0.263 e. The van der Waals surface area contributed by atoms with Crippen molar-refractivity contribution in [3.05, 3.63) is 59.0 Å². The van der Waals surface area contributed by atoms with Gasteiger partial charge in [0.05, 0.1) is 10.1 Å². The Hall–Kier alpha value is -2.76. The molecular formula is C19H19ClN6O3S2. The lowest BCUT2D eigenvalue weighted by molar-refractivity contribution is -0.115. The van der Waals surface area contributed by atoms with Crippen molar-refractivity contribution in [1.82, 2.24) is 20.2 Å². The molecule has 2 N–H and O–H groups in total. The molecule has 0 aliphatic rings. The fourth-order valence-corrected chi connectivity index (χ4v) is 4.46. The van der Waals surface area contributed by atoms with E-state index in [1.165, 1.54) is 48.2 Å². The maximum absolute atomic E-state index is 12.5. The molecule has 2 aromatic heterocycles. The number of aryl methyl sites for hydroxylation is 2. The third-order valence-electron chi connectivity index (χ3n) is 3.92. The molecule has 0 aliphatic carbocycles. The summed E-state index contributed by atoms with van der Waals surface area (Å²) < 4.78 is 27.3. The van der Waals surface area contributed by atoms with Crippen molar-refractivity contribution in [3.63, 3.8) is 0 Å².